The van der Waals surface area contributed by atoms with E-state index in [2.05, 4.69) is 0 Å². The fourth-order valence-corrected chi connectivity index (χ4v) is 2.36. The van der Waals surface area contributed by atoms with E-state index in [4.69, 9.17) is 20.2 Å². The number of ether oxygens (including phenoxy) is 2. The fourth-order valence-electron chi connectivity index (χ4n) is 1.66. The maximum Gasteiger partial charge on any atom is 0.232 e. The van der Waals surface area contributed by atoms with Gasteiger partial charge < -0.3 is 9.47 Å². The molecule has 0 N–H and O–H groups in total. The molecule has 0 radical (unpaired) electrons. The predicted octanol–water partition coefficient (Wildman–Crippen LogP) is 2.12. The van der Waals surface area contributed by atoms with Gasteiger partial charge in [-0.15, -0.1) is 0 Å². The van der Waals surface area contributed by atoms with Crippen LogP contribution in [0.25, 0.3) is 0 Å². The molecule has 0 amide bonds. The summed E-state index contributed by atoms with van der Waals surface area (Å²) < 4.78 is 32.3. The minimum atomic E-state index is -3.49. The Labute approximate surface area is 106 Å². The van der Waals surface area contributed by atoms with Crippen LogP contribution in [-0.4, -0.2) is 28.4 Å². The fraction of sp³-hybridized carbons (Fsp3) is 0.455. The monoisotopic (exact) mass is 278 g/mol. The Morgan fingerprint density at radius 2 is 1.88 bits per heavy atom. The molecule has 0 aliphatic heterocycles. The zero-order valence-electron chi connectivity index (χ0n) is 9.99. The first-order valence-corrected chi connectivity index (χ1v) is 7.49. The quantitative estimate of drug-likeness (QED) is 0.774. The topological polar surface area (TPSA) is 52.6 Å². The van der Waals surface area contributed by atoms with Gasteiger partial charge in [0.2, 0.25) is 9.05 Å². The molecule has 0 bridgehead atoms. The summed E-state index contributed by atoms with van der Waals surface area (Å²) in [6.45, 7) is 1.86. The molecule has 0 saturated carbocycles. The second-order valence-corrected chi connectivity index (χ2v) is 6.47. The lowest BCUT2D eigenvalue weighted by Gasteiger charge is -2.13. The van der Waals surface area contributed by atoms with Crippen LogP contribution in [0.15, 0.2) is 12.1 Å². The highest BCUT2D eigenvalue weighted by Crippen LogP contribution is 2.31. The smallest absolute Gasteiger partial charge is 0.232 e. The van der Waals surface area contributed by atoms with Gasteiger partial charge in [-0.2, -0.15) is 0 Å². The van der Waals surface area contributed by atoms with E-state index in [1.54, 1.807) is 26.4 Å². The molecule has 17 heavy (non-hydrogen) atoms. The molecule has 1 rings (SSSR count). The predicted molar refractivity (Wildman–Crippen MR) is 67.6 cm³/mol. The second kappa shape index (κ2) is 5.60. The van der Waals surface area contributed by atoms with E-state index in [1.807, 2.05) is 6.92 Å². The summed E-state index contributed by atoms with van der Waals surface area (Å²) in [6.07, 6.45) is 0.319. The molecular weight excluding hydrogens is 264 g/mol. The number of hydrogen-bond donors (Lipinski definition) is 0. The second-order valence-electron chi connectivity index (χ2n) is 3.58. The Kier molecular flexibility index (Phi) is 4.65. The summed E-state index contributed by atoms with van der Waals surface area (Å²) >= 11 is 0. The summed E-state index contributed by atoms with van der Waals surface area (Å²) in [5.74, 6) is 1.24. The summed E-state index contributed by atoms with van der Waals surface area (Å²) in [7, 11) is 4.81. The van der Waals surface area contributed by atoms with E-state index in [9.17, 15) is 8.42 Å². The van der Waals surface area contributed by atoms with Gasteiger partial charge in [0.15, 0.2) is 0 Å². The van der Waals surface area contributed by atoms with Gasteiger partial charge >= 0.3 is 0 Å². The van der Waals surface area contributed by atoms with Crippen molar-refractivity contribution in [2.75, 3.05) is 20.0 Å². The van der Waals surface area contributed by atoms with Gasteiger partial charge in [-0.3, -0.25) is 0 Å². The minimum Gasteiger partial charge on any atom is -0.496 e. The largest absolute Gasteiger partial charge is 0.496 e. The van der Waals surface area contributed by atoms with Crippen LogP contribution < -0.4 is 9.47 Å². The third kappa shape index (κ3) is 3.78. The van der Waals surface area contributed by atoms with Crippen molar-refractivity contribution in [1.29, 1.82) is 0 Å². The molecule has 1 aromatic rings. The van der Waals surface area contributed by atoms with Crippen LogP contribution in [-0.2, 0) is 15.5 Å². The van der Waals surface area contributed by atoms with Crippen molar-refractivity contribution in [3.63, 3.8) is 0 Å². The Hall–Kier alpha value is -0.940. The van der Waals surface area contributed by atoms with Gasteiger partial charge in [0.05, 0.1) is 20.0 Å². The SMILES string of the molecule is COc1ccc(CCS(=O)(=O)Cl)c(OC)c1C. The van der Waals surface area contributed by atoms with Crippen LogP contribution in [0, 0.1) is 6.92 Å². The highest BCUT2D eigenvalue weighted by atomic mass is 35.7. The van der Waals surface area contributed by atoms with Crippen LogP contribution in [0.3, 0.4) is 0 Å². The van der Waals surface area contributed by atoms with Gasteiger partial charge in [0, 0.05) is 16.2 Å². The average molecular weight is 279 g/mol. The highest BCUT2D eigenvalue weighted by molar-refractivity contribution is 8.13. The van der Waals surface area contributed by atoms with Crippen LogP contribution >= 0.6 is 10.7 Å². The van der Waals surface area contributed by atoms with Crippen molar-refractivity contribution in [3.8, 4) is 11.5 Å². The number of benzene rings is 1. The van der Waals surface area contributed by atoms with E-state index < -0.39 is 9.05 Å². The van der Waals surface area contributed by atoms with E-state index >= 15 is 0 Å². The lowest BCUT2D eigenvalue weighted by atomic mass is 10.1. The standard InChI is InChI=1S/C11H15ClO4S/c1-8-10(15-2)5-4-9(11(8)16-3)6-7-17(12,13)14/h4-5H,6-7H2,1-3H3. The van der Waals surface area contributed by atoms with Crippen LogP contribution in [0.1, 0.15) is 11.1 Å². The van der Waals surface area contributed by atoms with Crippen molar-refractivity contribution in [3.05, 3.63) is 23.3 Å². The van der Waals surface area contributed by atoms with E-state index in [-0.39, 0.29) is 5.75 Å². The van der Waals surface area contributed by atoms with E-state index in [0.29, 0.717) is 17.9 Å². The molecular formula is C11H15ClO4S. The molecule has 0 spiro atoms. The third-order valence-electron chi connectivity index (χ3n) is 2.48. The third-order valence-corrected chi connectivity index (χ3v) is 3.63. The van der Waals surface area contributed by atoms with Crippen molar-refractivity contribution in [2.45, 2.75) is 13.3 Å². The van der Waals surface area contributed by atoms with Crippen molar-refractivity contribution < 1.29 is 17.9 Å². The molecule has 1 aromatic carbocycles. The number of halogens is 1. The van der Waals surface area contributed by atoms with E-state index in [0.717, 1.165) is 11.1 Å². The zero-order chi connectivity index (χ0) is 13.1. The summed E-state index contributed by atoms with van der Waals surface area (Å²) in [4.78, 5) is 0. The maximum absolute atomic E-state index is 10.9. The first kappa shape index (κ1) is 14.1. The molecule has 0 aromatic heterocycles. The Bertz CT molecular complexity index is 496. The molecule has 4 nitrogen and oxygen atoms in total. The average Bonchev–Trinajstić information content (AvgIpc) is 2.25. The van der Waals surface area contributed by atoms with Crippen molar-refractivity contribution in [1.82, 2.24) is 0 Å². The number of aryl methyl sites for hydroxylation is 1. The highest BCUT2D eigenvalue weighted by Gasteiger charge is 2.13. The summed E-state index contributed by atoms with van der Waals surface area (Å²) in [5.41, 5.74) is 1.65. The number of methoxy groups -OCH3 is 2. The van der Waals surface area contributed by atoms with Gasteiger partial charge in [-0.05, 0) is 25.0 Å². The van der Waals surface area contributed by atoms with Gasteiger partial charge in [-0.25, -0.2) is 8.42 Å². The zero-order valence-corrected chi connectivity index (χ0v) is 11.6. The molecule has 96 valence electrons. The normalized spacial score (nSPS) is 11.3. The van der Waals surface area contributed by atoms with E-state index in [1.165, 1.54) is 0 Å². The van der Waals surface area contributed by atoms with Gasteiger partial charge in [0.25, 0.3) is 0 Å². The summed E-state index contributed by atoms with van der Waals surface area (Å²) in [5, 5.41) is 0. The summed E-state index contributed by atoms with van der Waals surface area (Å²) in [6, 6.07) is 3.57. The molecule has 0 atom stereocenters. The molecule has 0 saturated heterocycles. The molecule has 0 aliphatic rings. The Morgan fingerprint density at radius 3 is 2.35 bits per heavy atom. The lowest BCUT2D eigenvalue weighted by molar-refractivity contribution is 0.386. The van der Waals surface area contributed by atoms with Crippen LogP contribution in [0.5, 0.6) is 11.5 Å². The van der Waals surface area contributed by atoms with Gasteiger partial charge in [-0.1, -0.05) is 6.07 Å². The van der Waals surface area contributed by atoms with Crippen molar-refractivity contribution >= 4 is 19.7 Å². The maximum atomic E-state index is 10.9. The number of rotatable bonds is 5. The molecule has 0 unspecified atom stereocenters. The molecule has 0 aliphatic carbocycles. The van der Waals surface area contributed by atoms with Crippen molar-refractivity contribution in [2.24, 2.45) is 0 Å². The molecule has 6 heteroatoms. The Morgan fingerprint density at radius 1 is 1.24 bits per heavy atom. The first-order valence-electron chi connectivity index (χ1n) is 5.02. The molecule has 0 heterocycles. The Balaban J connectivity index is 3.04. The lowest BCUT2D eigenvalue weighted by Crippen LogP contribution is -2.04. The molecule has 0 fully saturated rings. The van der Waals surface area contributed by atoms with Crippen LogP contribution in [0.4, 0.5) is 0 Å². The van der Waals surface area contributed by atoms with Gasteiger partial charge in [0.1, 0.15) is 11.5 Å². The minimum absolute atomic E-state index is 0.114. The number of hydrogen-bond acceptors (Lipinski definition) is 4. The van der Waals surface area contributed by atoms with Crippen LogP contribution in [0.2, 0.25) is 0 Å². The first-order chi connectivity index (χ1) is 7.89.